The van der Waals surface area contributed by atoms with Crippen LogP contribution in [0.25, 0.3) is 0 Å². The lowest BCUT2D eigenvalue weighted by atomic mass is 10.0. The Hall–Kier alpha value is -1.60. The van der Waals surface area contributed by atoms with E-state index in [0.29, 0.717) is 19.1 Å². The first-order chi connectivity index (χ1) is 12.3. The molecule has 142 valence electrons. The molecule has 0 unspecified atom stereocenters. The molecular weight excluding hydrogens is 345 g/mol. The van der Waals surface area contributed by atoms with Gasteiger partial charge in [-0.25, -0.2) is 0 Å². The van der Waals surface area contributed by atoms with Crippen LogP contribution in [0.15, 0.2) is 24.3 Å². The van der Waals surface area contributed by atoms with E-state index in [1.807, 2.05) is 7.05 Å². The zero-order valence-electron chi connectivity index (χ0n) is 14.7. The first-order valence-electron chi connectivity index (χ1n) is 9.09. The van der Waals surface area contributed by atoms with Gasteiger partial charge in [-0.15, -0.1) is 0 Å². The largest absolute Gasteiger partial charge is 0.416 e. The monoisotopic (exact) mass is 368 g/mol. The van der Waals surface area contributed by atoms with Gasteiger partial charge in [0.15, 0.2) is 0 Å². The van der Waals surface area contributed by atoms with Crippen LogP contribution >= 0.6 is 0 Å². The fourth-order valence-corrected chi connectivity index (χ4v) is 4.05. The van der Waals surface area contributed by atoms with E-state index in [4.69, 9.17) is 4.74 Å². The van der Waals surface area contributed by atoms with Gasteiger partial charge in [-0.1, -0.05) is 12.1 Å². The predicted octanol–water partition coefficient (Wildman–Crippen LogP) is 2.77. The number of benzene rings is 1. The number of likely N-dealkylation sites (N-methyl/N-ethyl adjacent to an activating group) is 1. The van der Waals surface area contributed by atoms with Crippen LogP contribution in [0.1, 0.15) is 24.0 Å². The number of likely N-dealkylation sites (tertiary alicyclic amines) is 2. The van der Waals surface area contributed by atoms with Gasteiger partial charge in [0.05, 0.1) is 18.2 Å². The molecule has 0 radical (unpaired) electrons. The average Bonchev–Trinajstić information content (AvgIpc) is 3.29. The summed E-state index contributed by atoms with van der Waals surface area (Å²) in [5.41, 5.74) is 0.223. The molecule has 1 aliphatic carbocycles. The molecule has 1 saturated carbocycles. The lowest BCUT2D eigenvalue weighted by Gasteiger charge is -2.22. The van der Waals surface area contributed by atoms with Gasteiger partial charge in [-0.05, 0) is 36.5 Å². The maximum absolute atomic E-state index is 12.7. The van der Waals surface area contributed by atoms with Crippen LogP contribution in [0.4, 0.5) is 13.2 Å². The highest BCUT2D eigenvalue weighted by molar-refractivity contribution is 5.84. The molecule has 4 rings (SSSR count). The third-order valence-corrected chi connectivity index (χ3v) is 5.78. The van der Waals surface area contributed by atoms with Crippen molar-refractivity contribution in [3.8, 4) is 0 Å². The Bertz CT molecular complexity index is 672. The molecule has 2 saturated heterocycles. The molecule has 0 bridgehead atoms. The highest BCUT2D eigenvalue weighted by Gasteiger charge is 2.51. The smallest absolute Gasteiger partial charge is 0.368 e. The predicted molar refractivity (Wildman–Crippen MR) is 89.2 cm³/mol. The maximum Gasteiger partial charge on any atom is 0.416 e. The van der Waals surface area contributed by atoms with E-state index >= 15 is 0 Å². The van der Waals surface area contributed by atoms with Crippen LogP contribution in [0.2, 0.25) is 0 Å². The fourth-order valence-electron chi connectivity index (χ4n) is 4.05. The summed E-state index contributed by atoms with van der Waals surface area (Å²) in [7, 11) is 1.82. The molecule has 1 aromatic rings. The number of halogens is 3. The number of hydrogen-bond acceptors (Lipinski definition) is 3. The van der Waals surface area contributed by atoms with E-state index in [1.165, 1.54) is 25.0 Å². The quantitative estimate of drug-likeness (QED) is 0.801. The molecule has 2 heterocycles. The Kier molecular flexibility index (Phi) is 4.47. The van der Waals surface area contributed by atoms with Crippen molar-refractivity contribution < 1.29 is 22.7 Å². The molecule has 0 aromatic heterocycles. The van der Waals surface area contributed by atoms with Crippen molar-refractivity contribution in [1.29, 1.82) is 0 Å². The zero-order chi connectivity index (χ0) is 18.5. The van der Waals surface area contributed by atoms with Gasteiger partial charge in [0.25, 0.3) is 5.91 Å². The van der Waals surface area contributed by atoms with Crippen LogP contribution in [0, 0.1) is 11.8 Å². The van der Waals surface area contributed by atoms with Crippen molar-refractivity contribution in [1.82, 2.24) is 9.80 Å². The zero-order valence-corrected chi connectivity index (χ0v) is 14.7. The number of alkyl halides is 3. The van der Waals surface area contributed by atoms with Crippen molar-refractivity contribution in [3.05, 3.63) is 35.4 Å². The van der Waals surface area contributed by atoms with Gasteiger partial charge in [0.1, 0.15) is 6.10 Å². The fraction of sp³-hybridized carbons (Fsp3) is 0.632. The van der Waals surface area contributed by atoms with Gasteiger partial charge in [0, 0.05) is 32.6 Å². The van der Waals surface area contributed by atoms with Crippen molar-refractivity contribution in [2.45, 2.75) is 37.7 Å². The average molecular weight is 368 g/mol. The van der Waals surface area contributed by atoms with Gasteiger partial charge in [-0.3, -0.25) is 9.69 Å². The van der Waals surface area contributed by atoms with Crippen LogP contribution in [-0.2, 0) is 22.3 Å². The standard InChI is InChI=1S/C19H23F3N2O2/c1-23-16-10-24(8-12-4-6-14(7-5-12)19(20,21)22)9-15(16)17(18(23)25)26-11-13-2-3-13/h4-7,13,15-17H,2-3,8-11H2,1H3/t15-,16+,17-/m0/s1. The summed E-state index contributed by atoms with van der Waals surface area (Å²) in [6, 6.07) is 5.45. The summed E-state index contributed by atoms with van der Waals surface area (Å²) in [4.78, 5) is 16.4. The molecule has 3 fully saturated rings. The number of nitrogens with zero attached hydrogens (tertiary/aromatic N) is 2. The van der Waals surface area contributed by atoms with E-state index in [0.717, 1.165) is 30.8 Å². The Morgan fingerprint density at radius 2 is 1.85 bits per heavy atom. The highest BCUT2D eigenvalue weighted by Crippen LogP contribution is 2.36. The summed E-state index contributed by atoms with van der Waals surface area (Å²) < 4.78 is 44.0. The lowest BCUT2D eigenvalue weighted by molar-refractivity contribution is -0.139. The first kappa shape index (κ1) is 17.8. The van der Waals surface area contributed by atoms with Gasteiger partial charge in [0.2, 0.25) is 0 Å². The normalized spacial score (nSPS) is 29.5. The topological polar surface area (TPSA) is 32.8 Å². The number of fused-ring (bicyclic) bond motifs is 1. The molecule has 3 aliphatic rings. The van der Waals surface area contributed by atoms with E-state index in [2.05, 4.69) is 4.90 Å². The summed E-state index contributed by atoms with van der Waals surface area (Å²) >= 11 is 0. The summed E-state index contributed by atoms with van der Waals surface area (Å²) in [5, 5.41) is 0. The number of amides is 1. The SMILES string of the molecule is CN1C(=O)[C@@H](OCC2CC2)[C@H]2CN(Cc3ccc(C(F)(F)F)cc3)C[C@H]21. The van der Waals surface area contributed by atoms with Crippen LogP contribution in [-0.4, -0.2) is 54.6 Å². The molecule has 0 spiro atoms. The van der Waals surface area contributed by atoms with Crippen LogP contribution < -0.4 is 0 Å². The molecular formula is C19H23F3N2O2. The molecule has 1 aromatic carbocycles. The second-order valence-electron chi connectivity index (χ2n) is 7.77. The minimum Gasteiger partial charge on any atom is -0.368 e. The van der Waals surface area contributed by atoms with Crippen molar-refractivity contribution in [3.63, 3.8) is 0 Å². The van der Waals surface area contributed by atoms with Gasteiger partial charge >= 0.3 is 6.18 Å². The molecule has 0 N–H and O–H groups in total. The minimum absolute atomic E-state index is 0.0647. The molecule has 4 nitrogen and oxygen atoms in total. The summed E-state index contributed by atoms with van der Waals surface area (Å²) in [6.07, 6.45) is -2.31. The molecule has 7 heteroatoms. The third kappa shape index (κ3) is 3.47. The second-order valence-corrected chi connectivity index (χ2v) is 7.77. The Labute approximate surface area is 150 Å². The second kappa shape index (κ2) is 6.53. The molecule has 2 aliphatic heterocycles. The van der Waals surface area contributed by atoms with Gasteiger partial charge in [-0.2, -0.15) is 13.2 Å². The van der Waals surface area contributed by atoms with Crippen molar-refractivity contribution in [2.24, 2.45) is 11.8 Å². The summed E-state index contributed by atoms with van der Waals surface area (Å²) in [6.45, 7) is 2.71. The van der Waals surface area contributed by atoms with E-state index in [9.17, 15) is 18.0 Å². The first-order valence-corrected chi connectivity index (χ1v) is 9.09. The lowest BCUT2D eigenvalue weighted by Crippen LogP contribution is -2.37. The van der Waals surface area contributed by atoms with Crippen LogP contribution in [0.5, 0.6) is 0 Å². The Balaban J connectivity index is 1.38. The molecule has 1 amide bonds. The van der Waals surface area contributed by atoms with Gasteiger partial charge < -0.3 is 9.64 Å². The van der Waals surface area contributed by atoms with E-state index in [1.54, 1.807) is 4.90 Å². The van der Waals surface area contributed by atoms with E-state index < -0.39 is 11.7 Å². The van der Waals surface area contributed by atoms with E-state index in [-0.39, 0.29) is 24.0 Å². The minimum atomic E-state index is -4.31. The molecule has 3 atom stereocenters. The van der Waals surface area contributed by atoms with Crippen molar-refractivity contribution in [2.75, 3.05) is 26.7 Å². The highest BCUT2D eigenvalue weighted by atomic mass is 19.4. The maximum atomic E-state index is 12.7. The Morgan fingerprint density at radius 3 is 2.46 bits per heavy atom. The third-order valence-electron chi connectivity index (χ3n) is 5.78. The molecule has 26 heavy (non-hydrogen) atoms. The van der Waals surface area contributed by atoms with Crippen LogP contribution in [0.3, 0.4) is 0 Å². The van der Waals surface area contributed by atoms with Crippen molar-refractivity contribution >= 4 is 5.91 Å². The number of carbonyl (C=O) groups excluding carboxylic acids is 1. The summed E-state index contributed by atoms with van der Waals surface area (Å²) in [5.74, 6) is 0.812. The number of rotatable bonds is 5. The number of carbonyl (C=O) groups is 1. The Morgan fingerprint density at radius 1 is 1.15 bits per heavy atom. The number of ether oxygens (including phenoxy) is 1. The number of hydrogen-bond donors (Lipinski definition) is 0.